The Morgan fingerprint density at radius 3 is 2.65 bits per heavy atom. The van der Waals surface area contributed by atoms with Gasteiger partial charge in [-0.05, 0) is 49.4 Å². The standard InChI is InChI=1S/C19H16ClN3O3/c1-12(19-21-8-9-24-19)25-14-3-5-15(6-4-14)26-18-11-22-17-10-13(20)2-7-16(17)23-18/h2-7,10-12H,8-9H2,1H3. The molecule has 3 aromatic rings. The average Bonchev–Trinajstić information content (AvgIpc) is 3.18. The normalized spacial score (nSPS) is 14.6. The Bertz CT molecular complexity index is 960. The SMILES string of the molecule is CC(Oc1ccc(Oc2cnc3cc(Cl)ccc3n2)cc1)C1=NCCO1. The highest BCUT2D eigenvalue weighted by Crippen LogP contribution is 2.25. The molecule has 0 bridgehead atoms. The molecule has 7 heteroatoms. The van der Waals surface area contributed by atoms with Crippen molar-refractivity contribution in [1.29, 1.82) is 0 Å². The van der Waals surface area contributed by atoms with Crippen LogP contribution in [0.5, 0.6) is 17.4 Å². The van der Waals surface area contributed by atoms with E-state index in [4.69, 9.17) is 25.8 Å². The van der Waals surface area contributed by atoms with Crippen molar-refractivity contribution < 1.29 is 14.2 Å². The van der Waals surface area contributed by atoms with E-state index in [2.05, 4.69) is 15.0 Å². The van der Waals surface area contributed by atoms with Crippen molar-refractivity contribution in [2.24, 2.45) is 4.99 Å². The van der Waals surface area contributed by atoms with Crippen molar-refractivity contribution in [1.82, 2.24) is 9.97 Å². The van der Waals surface area contributed by atoms with Crippen LogP contribution in [-0.4, -0.2) is 35.1 Å². The molecule has 26 heavy (non-hydrogen) atoms. The molecular formula is C19H16ClN3O3. The van der Waals surface area contributed by atoms with Crippen molar-refractivity contribution in [3.8, 4) is 17.4 Å². The fourth-order valence-corrected chi connectivity index (χ4v) is 2.74. The van der Waals surface area contributed by atoms with Gasteiger partial charge in [0.15, 0.2) is 6.10 Å². The third kappa shape index (κ3) is 3.70. The van der Waals surface area contributed by atoms with Crippen molar-refractivity contribution in [2.75, 3.05) is 13.2 Å². The topological polar surface area (TPSA) is 65.8 Å². The summed E-state index contributed by atoms with van der Waals surface area (Å²) in [5.41, 5.74) is 1.44. The third-order valence-electron chi connectivity index (χ3n) is 3.80. The molecule has 0 aliphatic carbocycles. The Morgan fingerprint density at radius 1 is 1.08 bits per heavy atom. The number of hydrogen-bond acceptors (Lipinski definition) is 6. The van der Waals surface area contributed by atoms with Crippen LogP contribution in [-0.2, 0) is 4.74 Å². The van der Waals surface area contributed by atoms with Gasteiger partial charge in [0.25, 0.3) is 0 Å². The number of halogens is 1. The van der Waals surface area contributed by atoms with Crippen molar-refractivity contribution in [3.63, 3.8) is 0 Å². The molecule has 0 fully saturated rings. The van der Waals surface area contributed by atoms with E-state index in [0.717, 1.165) is 11.0 Å². The largest absolute Gasteiger partial charge is 0.481 e. The zero-order chi connectivity index (χ0) is 17.9. The van der Waals surface area contributed by atoms with Crippen LogP contribution in [0.1, 0.15) is 6.92 Å². The first kappa shape index (κ1) is 16.6. The quantitative estimate of drug-likeness (QED) is 0.671. The number of hydrogen-bond donors (Lipinski definition) is 0. The van der Waals surface area contributed by atoms with Gasteiger partial charge in [-0.2, -0.15) is 0 Å². The molecule has 0 saturated carbocycles. The third-order valence-corrected chi connectivity index (χ3v) is 4.03. The summed E-state index contributed by atoms with van der Waals surface area (Å²) in [6.07, 6.45) is 1.35. The molecule has 0 N–H and O–H groups in total. The van der Waals surface area contributed by atoms with E-state index < -0.39 is 0 Å². The maximum absolute atomic E-state index is 5.95. The predicted molar refractivity (Wildman–Crippen MR) is 99.4 cm³/mol. The summed E-state index contributed by atoms with van der Waals surface area (Å²) >= 11 is 5.95. The second kappa shape index (κ2) is 7.17. The molecule has 0 radical (unpaired) electrons. The summed E-state index contributed by atoms with van der Waals surface area (Å²) in [4.78, 5) is 13.0. The highest BCUT2D eigenvalue weighted by atomic mass is 35.5. The number of benzene rings is 2. The lowest BCUT2D eigenvalue weighted by Gasteiger charge is -2.14. The molecule has 2 heterocycles. The van der Waals surface area contributed by atoms with Crippen LogP contribution in [0.2, 0.25) is 5.02 Å². The molecule has 0 spiro atoms. The van der Waals surface area contributed by atoms with Gasteiger partial charge in [-0.1, -0.05) is 11.6 Å². The minimum Gasteiger partial charge on any atom is -0.481 e. The maximum atomic E-state index is 5.95. The molecular weight excluding hydrogens is 354 g/mol. The van der Waals surface area contributed by atoms with E-state index in [1.165, 1.54) is 0 Å². The van der Waals surface area contributed by atoms with Crippen LogP contribution in [0, 0.1) is 0 Å². The fraction of sp³-hybridized carbons (Fsp3) is 0.211. The second-order valence-corrected chi connectivity index (χ2v) is 6.18. The second-order valence-electron chi connectivity index (χ2n) is 5.74. The highest BCUT2D eigenvalue weighted by Gasteiger charge is 2.17. The van der Waals surface area contributed by atoms with Crippen LogP contribution < -0.4 is 9.47 Å². The lowest BCUT2D eigenvalue weighted by molar-refractivity contribution is 0.234. The lowest BCUT2D eigenvalue weighted by Crippen LogP contribution is -2.23. The average molecular weight is 370 g/mol. The summed E-state index contributed by atoms with van der Waals surface area (Å²) in [7, 11) is 0. The van der Waals surface area contributed by atoms with Gasteiger partial charge < -0.3 is 14.2 Å². The first-order valence-electron chi connectivity index (χ1n) is 8.21. The Balaban J connectivity index is 1.44. The van der Waals surface area contributed by atoms with E-state index in [-0.39, 0.29) is 6.10 Å². The lowest BCUT2D eigenvalue weighted by atomic mass is 10.3. The molecule has 1 unspecified atom stereocenters. The van der Waals surface area contributed by atoms with Crippen LogP contribution >= 0.6 is 11.6 Å². The molecule has 0 saturated heterocycles. The minimum atomic E-state index is -0.220. The number of fused-ring (bicyclic) bond motifs is 1. The monoisotopic (exact) mass is 369 g/mol. The molecule has 0 amide bonds. The van der Waals surface area contributed by atoms with Gasteiger partial charge in [-0.25, -0.2) is 15.0 Å². The molecule has 1 aliphatic heterocycles. The van der Waals surface area contributed by atoms with E-state index in [0.29, 0.717) is 41.5 Å². The zero-order valence-electron chi connectivity index (χ0n) is 14.1. The summed E-state index contributed by atoms with van der Waals surface area (Å²) in [5.74, 6) is 2.40. The maximum Gasteiger partial charge on any atom is 0.238 e. The fourth-order valence-electron chi connectivity index (χ4n) is 2.58. The minimum absolute atomic E-state index is 0.220. The van der Waals surface area contributed by atoms with Crippen molar-refractivity contribution in [2.45, 2.75) is 13.0 Å². The van der Waals surface area contributed by atoms with Crippen molar-refractivity contribution >= 4 is 28.5 Å². The highest BCUT2D eigenvalue weighted by molar-refractivity contribution is 6.31. The molecule has 132 valence electrons. The summed E-state index contributed by atoms with van der Waals surface area (Å²) in [5, 5.41) is 0.624. The zero-order valence-corrected chi connectivity index (χ0v) is 14.8. The van der Waals surface area contributed by atoms with Crippen LogP contribution in [0.25, 0.3) is 11.0 Å². The Hall–Kier alpha value is -2.86. The molecule has 1 aromatic heterocycles. The van der Waals surface area contributed by atoms with Crippen LogP contribution in [0.4, 0.5) is 0 Å². The van der Waals surface area contributed by atoms with Gasteiger partial charge in [-0.3, -0.25) is 0 Å². The number of rotatable bonds is 5. The number of nitrogens with zero attached hydrogens (tertiary/aromatic N) is 3. The van der Waals surface area contributed by atoms with Crippen LogP contribution in [0.15, 0.2) is 53.7 Å². The first-order chi connectivity index (χ1) is 12.7. The van der Waals surface area contributed by atoms with Gasteiger partial charge in [0.05, 0.1) is 23.8 Å². The molecule has 6 nitrogen and oxygen atoms in total. The smallest absolute Gasteiger partial charge is 0.238 e. The van der Waals surface area contributed by atoms with Gasteiger partial charge in [-0.15, -0.1) is 0 Å². The molecule has 1 aliphatic rings. The Kier molecular flexibility index (Phi) is 4.58. The van der Waals surface area contributed by atoms with Crippen LogP contribution in [0.3, 0.4) is 0 Å². The summed E-state index contributed by atoms with van der Waals surface area (Å²) in [6, 6.07) is 12.6. The van der Waals surface area contributed by atoms with E-state index in [1.54, 1.807) is 18.3 Å². The van der Waals surface area contributed by atoms with Gasteiger partial charge in [0.1, 0.15) is 18.1 Å². The number of aromatic nitrogens is 2. The van der Waals surface area contributed by atoms with Gasteiger partial charge >= 0.3 is 0 Å². The summed E-state index contributed by atoms with van der Waals surface area (Å²) < 4.78 is 17.0. The Morgan fingerprint density at radius 2 is 1.88 bits per heavy atom. The van der Waals surface area contributed by atoms with E-state index in [9.17, 15) is 0 Å². The van der Waals surface area contributed by atoms with Gasteiger partial charge in [0.2, 0.25) is 11.8 Å². The first-order valence-corrected chi connectivity index (χ1v) is 8.59. The summed E-state index contributed by atoms with van der Waals surface area (Å²) in [6.45, 7) is 3.22. The van der Waals surface area contributed by atoms with E-state index in [1.807, 2.05) is 37.3 Å². The molecule has 1 atom stereocenters. The predicted octanol–water partition coefficient (Wildman–Crippen LogP) is 4.27. The van der Waals surface area contributed by atoms with Crippen molar-refractivity contribution in [3.05, 3.63) is 53.7 Å². The number of aliphatic imine (C=N–C) groups is 1. The Labute approximate surface area is 155 Å². The number of ether oxygens (including phenoxy) is 3. The van der Waals surface area contributed by atoms with E-state index >= 15 is 0 Å². The molecule has 4 rings (SSSR count). The van der Waals surface area contributed by atoms with Gasteiger partial charge in [0, 0.05) is 5.02 Å². The molecule has 2 aromatic carbocycles.